The summed E-state index contributed by atoms with van der Waals surface area (Å²) in [6, 6.07) is 44.2. The molecule has 0 saturated carbocycles. The van der Waals surface area contributed by atoms with Crippen LogP contribution in [0.25, 0.3) is 11.2 Å². The van der Waals surface area contributed by atoms with Crippen molar-refractivity contribution in [3.8, 4) is 11.5 Å². The van der Waals surface area contributed by atoms with Crippen molar-refractivity contribution in [3.05, 3.63) is 180 Å². The number of carbonyl (C=O) groups is 2. The summed E-state index contributed by atoms with van der Waals surface area (Å²) in [4.78, 5) is 40.5. The molecule has 0 radical (unpaired) electrons. The number of amides is 1. The second-order valence-electron chi connectivity index (χ2n) is 16.9. The number of methoxy groups -OCH3 is 3. The van der Waals surface area contributed by atoms with E-state index in [0.717, 1.165) is 42.6 Å². The second-order valence-corrected chi connectivity index (χ2v) is 21.6. The van der Waals surface area contributed by atoms with Crippen LogP contribution < -0.4 is 14.8 Å². The Balaban J connectivity index is 1.10. The Morgan fingerprint density at radius 3 is 1.96 bits per heavy atom. The van der Waals surface area contributed by atoms with Gasteiger partial charge in [0.05, 0.1) is 40.4 Å². The van der Waals surface area contributed by atoms with E-state index in [2.05, 4.69) is 27.1 Å². The van der Waals surface area contributed by atoms with Gasteiger partial charge in [-0.15, -0.1) is 0 Å². The monoisotopic (exact) mass is 1030 g/mol. The van der Waals surface area contributed by atoms with Crippen LogP contribution in [-0.4, -0.2) is 119 Å². The average molecular weight is 1030 g/mol. The van der Waals surface area contributed by atoms with Crippen LogP contribution in [0.2, 0.25) is 0 Å². The van der Waals surface area contributed by atoms with E-state index in [1.165, 1.54) is 18.1 Å². The van der Waals surface area contributed by atoms with Gasteiger partial charge >= 0.3 is 0 Å². The molecule has 18 heteroatoms. The fraction of sp³-hybridized carbons (Fsp3) is 0.315. The number of nitrogens with zero attached hydrogens (tertiary/aromatic N) is 5. The van der Waals surface area contributed by atoms with E-state index in [1.807, 2.05) is 108 Å². The van der Waals surface area contributed by atoms with Gasteiger partial charge in [-0.1, -0.05) is 126 Å². The maximum atomic E-state index is 13.4. The highest BCUT2D eigenvalue weighted by Gasteiger charge is 2.51. The first-order chi connectivity index (χ1) is 35.4. The third kappa shape index (κ3) is 11.7. The van der Waals surface area contributed by atoms with Crippen molar-refractivity contribution in [1.29, 1.82) is 0 Å². The molecule has 374 valence electrons. The number of hydrogen-bond acceptors (Lipinski definition) is 15. The van der Waals surface area contributed by atoms with Gasteiger partial charge in [0.2, 0.25) is 5.12 Å². The molecule has 2 aromatic heterocycles. The van der Waals surface area contributed by atoms with Crippen LogP contribution in [-0.2, 0) is 29.1 Å². The molecule has 0 aliphatic carbocycles. The van der Waals surface area contributed by atoms with Crippen molar-refractivity contribution >= 4 is 58.6 Å². The molecule has 2 aliphatic heterocycles. The Hall–Kier alpha value is -5.72. The van der Waals surface area contributed by atoms with Gasteiger partial charge in [0, 0.05) is 42.8 Å². The van der Waals surface area contributed by atoms with E-state index < -0.39 is 37.6 Å². The molecule has 1 N–H and O–H groups in total. The fourth-order valence-corrected chi connectivity index (χ4v) is 14.2. The number of nitrogens with one attached hydrogen (secondary N) is 1. The molecule has 0 spiro atoms. The van der Waals surface area contributed by atoms with E-state index in [-0.39, 0.29) is 30.1 Å². The first-order valence-corrected chi connectivity index (χ1v) is 27.5. The zero-order valence-electron chi connectivity index (χ0n) is 40.3. The van der Waals surface area contributed by atoms with E-state index in [1.54, 1.807) is 63.3 Å². The molecule has 2 saturated heterocycles. The van der Waals surface area contributed by atoms with E-state index in [4.69, 9.17) is 42.9 Å². The van der Waals surface area contributed by atoms with E-state index in [0.29, 0.717) is 51.9 Å². The zero-order valence-corrected chi connectivity index (χ0v) is 42.8. The number of rotatable bonds is 23. The number of hydrogen-bond donors (Lipinski definition) is 1. The van der Waals surface area contributed by atoms with Crippen molar-refractivity contribution < 1.29 is 42.5 Å². The van der Waals surface area contributed by atoms with Crippen LogP contribution in [0.4, 0.5) is 5.82 Å². The van der Waals surface area contributed by atoms with Crippen molar-refractivity contribution in [2.45, 2.75) is 43.0 Å². The summed E-state index contributed by atoms with van der Waals surface area (Å²) in [6.07, 6.45) is 2.10. The maximum Gasteiger partial charge on any atom is 0.256 e. The van der Waals surface area contributed by atoms with Crippen molar-refractivity contribution in [1.82, 2.24) is 24.2 Å². The molecular weight excluding hydrogens is 972 g/mol. The zero-order chi connectivity index (χ0) is 49.7. The minimum absolute atomic E-state index is 0.0352. The molecule has 4 heterocycles. The van der Waals surface area contributed by atoms with Crippen LogP contribution in [0.1, 0.15) is 56.5 Å². The normalized spacial score (nSPS) is 18.5. The number of benzene rings is 5. The number of imidazole rings is 1. The summed E-state index contributed by atoms with van der Waals surface area (Å²) in [5.74, 6) is 2.60. The lowest BCUT2D eigenvalue weighted by molar-refractivity contribution is -0.0964. The Labute approximate surface area is 428 Å². The highest BCUT2D eigenvalue weighted by molar-refractivity contribution is 8.53. The standard InChI is InChI=1S/C54H57N6O9PS2/c1-63-31-32-66-48-47(69-70(59-29-13-14-30-59)72-34-33-71-53(62)39-17-9-5-10-18-39)45(68-52(48)60-37-57-46-49(55-36-56-50(46)60)58-51(61)38-15-7-4-8-16-38)35-67-54(40-19-11-6-12-20-40,41-21-25-43(64-2)26-22-41)42-23-27-44(65-3)28-24-42/h4-12,15-28,36-37,45,47-48,52H,13-14,29-35H2,1-3H3,(H,55,56,58,61)/t45-,47+,48?,52-,70?/m1/s1. The molecule has 1 amide bonds. The predicted molar refractivity (Wildman–Crippen MR) is 282 cm³/mol. The number of ether oxygens (including phenoxy) is 6. The summed E-state index contributed by atoms with van der Waals surface area (Å²) >= 11 is 3.03. The first-order valence-electron chi connectivity index (χ1n) is 23.8. The van der Waals surface area contributed by atoms with Crippen molar-refractivity contribution in [2.24, 2.45) is 0 Å². The van der Waals surface area contributed by atoms with Gasteiger partial charge in [-0.2, -0.15) is 0 Å². The summed E-state index contributed by atoms with van der Waals surface area (Å²) in [5, 5.41) is 2.96. The predicted octanol–water partition coefficient (Wildman–Crippen LogP) is 10.0. The summed E-state index contributed by atoms with van der Waals surface area (Å²) in [5.41, 5.74) is 3.39. The summed E-state index contributed by atoms with van der Waals surface area (Å²) < 4.78 is 50.1. The minimum Gasteiger partial charge on any atom is -0.497 e. The SMILES string of the molecule is COCCOC1[C@@H](OP(SCCSC(=O)c2ccccc2)N2CCCC2)[C@@H](COC(c2ccccc2)(c2ccc(OC)cc2)c2ccc(OC)cc2)O[C@H]1n1cnc2c(NC(=O)c3ccccc3)ncnc21. The van der Waals surface area contributed by atoms with E-state index >= 15 is 0 Å². The Morgan fingerprint density at radius 1 is 0.722 bits per heavy atom. The highest BCUT2D eigenvalue weighted by Crippen LogP contribution is 2.58. The number of anilines is 1. The Bertz CT molecular complexity index is 2780. The number of carbonyl (C=O) groups excluding carboxylic acids is 2. The second kappa shape index (κ2) is 24.8. The molecule has 5 aromatic carbocycles. The van der Waals surface area contributed by atoms with Crippen LogP contribution in [0.5, 0.6) is 11.5 Å². The maximum absolute atomic E-state index is 13.4. The van der Waals surface area contributed by atoms with E-state index in [9.17, 15) is 9.59 Å². The number of thioether (sulfide) groups is 1. The van der Waals surface area contributed by atoms with Crippen LogP contribution in [0.3, 0.4) is 0 Å². The molecule has 72 heavy (non-hydrogen) atoms. The largest absolute Gasteiger partial charge is 0.497 e. The lowest BCUT2D eigenvalue weighted by atomic mass is 9.80. The van der Waals surface area contributed by atoms with Gasteiger partial charge < -0.3 is 38.3 Å². The lowest BCUT2D eigenvalue weighted by Crippen LogP contribution is -2.41. The molecule has 2 aliphatic rings. The fourth-order valence-electron chi connectivity index (χ4n) is 8.87. The van der Waals surface area contributed by atoms with Gasteiger partial charge in [0.25, 0.3) is 5.91 Å². The lowest BCUT2D eigenvalue weighted by Gasteiger charge is -2.38. The molecule has 15 nitrogen and oxygen atoms in total. The molecule has 2 unspecified atom stereocenters. The topological polar surface area (TPSA) is 158 Å². The number of aromatic nitrogens is 4. The number of fused-ring (bicyclic) bond motifs is 1. The van der Waals surface area contributed by atoms with Gasteiger partial charge in [0.15, 0.2) is 30.7 Å². The first kappa shape index (κ1) is 51.2. The van der Waals surface area contributed by atoms with Crippen LogP contribution >= 0.6 is 30.6 Å². The third-order valence-corrected chi connectivity index (χ3v) is 17.7. The summed E-state index contributed by atoms with van der Waals surface area (Å²) in [7, 11) is 3.62. The summed E-state index contributed by atoms with van der Waals surface area (Å²) in [6.45, 7) is 2.32. The van der Waals surface area contributed by atoms with Gasteiger partial charge in [-0.25, -0.2) is 15.0 Å². The third-order valence-electron chi connectivity index (χ3n) is 12.5. The van der Waals surface area contributed by atoms with Crippen molar-refractivity contribution in [3.63, 3.8) is 0 Å². The van der Waals surface area contributed by atoms with Crippen molar-refractivity contribution in [2.75, 3.05) is 71.1 Å². The van der Waals surface area contributed by atoms with Gasteiger partial charge in [-0.3, -0.25) is 18.8 Å². The smallest absolute Gasteiger partial charge is 0.256 e. The van der Waals surface area contributed by atoms with Gasteiger partial charge in [-0.05, 0) is 65.9 Å². The minimum atomic E-state index is -1.31. The van der Waals surface area contributed by atoms with Gasteiger partial charge in [0.1, 0.15) is 41.7 Å². The molecule has 5 atom stereocenters. The Morgan fingerprint density at radius 2 is 1.33 bits per heavy atom. The quantitative estimate of drug-likeness (QED) is 0.0366. The van der Waals surface area contributed by atoms with Crippen LogP contribution in [0.15, 0.2) is 152 Å². The van der Waals surface area contributed by atoms with Crippen LogP contribution in [0, 0.1) is 0 Å². The highest BCUT2D eigenvalue weighted by atomic mass is 32.7. The molecule has 7 aromatic rings. The molecule has 2 fully saturated rings. The molecule has 9 rings (SSSR count). The Kier molecular flexibility index (Phi) is 17.6. The molecule has 0 bridgehead atoms. The molecular formula is C54H57N6O9PS2. The average Bonchev–Trinajstić information content (AvgIpc) is 4.21.